The predicted octanol–water partition coefficient (Wildman–Crippen LogP) is 4.28. The summed E-state index contributed by atoms with van der Waals surface area (Å²) in [5.74, 6) is -3.52. The minimum atomic E-state index is -1.15. The minimum absolute atomic E-state index is 0.0347. The van der Waals surface area contributed by atoms with E-state index in [1.165, 1.54) is 24.3 Å². The van der Waals surface area contributed by atoms with Crippen molar-refractivity contribution in [3.63, 3.8) is 0 Å². The number of rotatable bonds is 7. The summed E-state index contributed by atoms with van der Waals surface area (Å²) in [6.07, 6.45) is 0.834. The lowest BCUT2D eigenvalue weighted by Gasteiger charge is -2.13. The molecule has 0 aliphatic heterocycles. The first-order valence-electron chi connectivity index (χ1n) is 9.03. The number of carbonyl (C=O) groups is 2. The Labute approximate surface area is 175 Å². The van der Waals surface area contributed by atoms with Gasteiger partial charge in [0.2, 0.25) is 11.8 Å². The van der Waals surface area contributed by atoms with Gasteiger partial charge in [0.1, 0.15) is 23.2 Å². The number of aromatic nitrogens is 2. The van der Waals surface area contributed by atoms with Crippen molar-refractivity contribution in [1.29, 1.82) is 0 Å². The first kappa shape index (κ1) is 21.6. The molecule has 3 aromatic rings. The molecule has 2 heterocycles. The van der Waals surface area contributed by atoms with Gasteiger partial charge < -0.3 is 19.9 Å². The number of halogens is 2. The van der Waals surface area contributed by atoms with Gasteiger partial charge in [-0.2, -0.15) is 4.98 Å². The number of ether oxygens (including phenoxy) is 2. The van der Waals surface area contributed by atoms with Crippen LogP contribution in [0.25, 0.3) is 0 Å². The average Bonchev–Trinajstić information content (AvgIpc) is 2.66. The van der Waals surface area contributed by atoms with Crippen molar-refractivity contribution in [2.75, 3.05) is 5.32 Å². The number of hydrogen-bond acceptors (Lipinski definition) is 6. The van der Waals surface area contributed by atoms with Crippen LogP contribution in [0.2, 0.25) is 0 Å². The number of anilines is 1. The number of carbonyl (C=O) groups excluding carboxylic acids is 1. The summed E-state index contributed by atoms with van der Waals surface area (Å²) in [6.45, 7) is 3.51. The van der Waals surface area contributed by atoms with E-state index in [-0.39, 0.29) is 40.6 Å². The molecule has 0 atom stereocenters. The Morgan fingerprint density at radius 1 is 1.00 bits per heavy atom. The molecule has 0 saturated heterocycles. The molecule has 2 aromatic heterocycles. The maximum Gasteiger partial charge on any atom is 0.337 e. The van der Waals surface area contributed by atoms with Gasteiger partial charge in [-0.05, 0) is 26.0 Å². The molecule has 1 aromatic carbocycles. The summed E-state index contributed by atoms with van der Waals surface area (Å²) in [5.41, 5.74) is 0.0363. The number of benzene rings is 1. The van der Waals surface area contributed by atoms with Crippen LogP contribution in [0.5, 0.6) is 17.5 Å². The number of hydrogen-bond donors (Lipinski definition) is 2. The molecule has 2 N–H and O–H groups in total. The van der Waals surface area contributed by atoms with E-state index >= 15 is 0 Å². The molecule has 0 aliphatic rings. The Hall–Kier alpha value is -4.08. The fraction of sp³-hybridized carbons (Fsp3) is 0.143. The third-order valence-electron chi connectivity index (χ3n) is 3.71. The second-order valence-electron chi connectivity index (χ2n) is 6.60. The quantitative estimate of drug-likeness (QED) is 0.577. The molecule has 0 bridgehead atoms. The molecular formula is C21H17F2N3O5. The molecule has 0 fully saturated rings. The Morgan fingerprint density at radius 3 is 2.26 bits per heavy atom. The van der Waals surface area contributed by atoms with Crippen LogP contribution >= 0.6 is 0 Å². The van der Waals surface area contributed by atoms with Gasteiger partial charge in [0.25, 0.3) is 5.91 Å². The summed E-state index contributed by atoms with van der Waals surface area (Å²) in [7, 11) is 0. The van der Waals surface area contributed by atoms with E-state index in [9.17, 15) is 18.4 Å². The normalized spacial score (nSPS) is 10.6. The van der Waals surface area contributed by atoms with E-state index < -0.39 is 23.5 Å². The molecule has 31 heavy (non-hydrogen) atoms. The molecule has 160 valence electrons. The predicted molar refractivity (Wildman–Crippen MR) is 106 cm³/mol. The zero-order valence-corrected chi connectivity index (χ0v) is 16.4. The second-order valence-corrected chi connectivity index (χ2v) is 6.60. The van der Waals surface area contributed by atoms with Crippen molar-refractivity contribution in [3.05, 3.63) is 71.4 Å². The number of pyridine rings is 2. The van der Waals surface area contributed by atoms with Crippen molar-refractivity contribution in [2.45, 2.75) is 20.0 Å². The monoisotopic (exact) mass is 429 g/mol. The van der Waals surface area contributed by atoms with Gasteiger partial charge in [0.15, 0.2) is 0 Å². The first-order chi connectivity index (χ1) is 14.7. The third-order valence-corrected chi connectivity index (χ3v) is 3.71. The Bertz CT molecular complexity index is 1100. The topological polar surface area (TPSA) is 111 Å². The van der Waals surface area contributed by atoms with E-state index in [1.807, 2.05) is 0 Å². The lowest BCUT2D eigenvalue weighted by Crippen LogP contribution is -2.15. The van der Waals surface area contributed by atoms with Gasteiger partial charge in [-0.3, -0.25) is 4.79 Å². The van der Waals surface area contributed by atoms with Crippen molar-refractivity contribution in [3.8, 4) is 17.5 Å². The van der Waals surface area contributed by atoms with Gasteiger partial charge in [0, 0.05) is 36.5 Å². The van der Waals surface area contributed by atoms with Crippen molar-refractivity contribution >= 4 is 17.7 Å². The SMILES string of the molecule is CC(C)Oc1cc(C(=O)Nc2ccc(C(=O)O)cn2)cc(Oc2cc(F)cc(F)c2)n1. The Balaban J connectivity index is 1.88. The number of amides is 1. The van der Waals surface area contributed by atoms with Crippen molar-refractivity contribution in [2.24, 2.45) is 0 Å². The van der Waals surface area contributed by atoms with E-state index in [4.69, 9.17) is 14.6 Å². The maximum atomic E-state index is 13.4. The third kappa shape index (κ3) is 5.95. The Morgan fingerprint density at radius 2 is 1.68 bits per heavy atom. The van der Waals surface area contributed by atoms with Gasteiger partial charge >= 0.3 is 5.97 Å². The van der Waals surface area contributed by atoms with Gasteiger partial charge in [-0.1, -0.05) is 0 Å². The van der Waals surface area contributed by atoms with Crippen LogP contribution in [0.15, 0.2) is 48.7 Å². The van der Waals surface area contributed by atoms with Crippen LogP contribution in [0, 0.1) is 11.6 Å². The lowest BCUT2D eigenvalue weighted by molar-refractivity contribution is 0.0696. The fourth-order valence-corrected chi connectivity index (χ4v) is 2.46. The van der Waals surface area contributed by atoms with Crippen molar-refractivity contribution in [1.82, 2.24) is 9.97 Å². The molecule has 0 spiro atoms. The highest BCUT2D eigenvalue weighted by Gasteiger charge is 2.15. The summed E-state index contributed by atoms with van der Waals surface area (Å²) < 4.78 is 37.8. The van der Waals surface area contributed by atoms with E-state index in [2.05, 4.69) is 15.3 Å². The maximum absolute atomic E-state index is 13.4. The average molecular weight is 429 g/mol. The minimum Gasteiger partial charge on any atom is -0.478 e. The zero-order valence-electron chi connectivity index (χ0n) is 16.4. The number of aromatic carboxylic acids is 1. The van der Waals surface area contributed by atoms with E-state index in [1.54, 1.807) is 13.8 Å². The smallest absolute Gasteiger partial charge is 0.337 e. The molecular weight excluding hydrogens is 412 g/mol. The van der Waals surface area contributed by atoms with Gasteiger partial charge in [-0.25, -0.2) is 18.6 Å². The molecule has 0 radical (unpaired) electrons. The molecule has 0 unspecified atom stereocenters. The molecule has 10 heteroatoms. The molecule has 1 amide bonds. The number of nitrogens with one attached hydrogen (secondary N) is 1. The van der Waals surface area contributed by atoms with E-state index in [0.717, 1.165) is 18.3 Å². The van der Waals surface area contributed by atoms with Gasteiger partial charge in [-0.15, -0.1) is 0 Å². The molecule has 3 rings (SSSR count). The van der Waals surface area contributed by atoms with Crippen LogP contribution in [0.4, 0.5) is 14.6 Å². The Kier molecular flexibility index (Phi) is 6.39. The van der Waals surface area contributed by atoms with Crippen LogP contribution in [-0.4, -0.2) is 33.1 Å². The highest BCUT2D eigenvalue weighted by molar-refractivity contribution is 6.04. The standard InChI is InChI=1S/C21H17F2N3O5/c1-11(2)30-18-5-13(20(27)25-17-4-3-12(10-24-17)21(28)29)6-19(26-18)31-16-8-14(22)7-15(23)9-16/h3-11H,1-2H3,(H,28,29)(H,24,25,27). The van der Waals surface area contributed by atoms with Crippen LogP contribution in [0.1, 0.15) is 34.6 Å². The highest BCUT2D eigenvalue weighted by Crippen LogP contribution is 2.26. The molecule has 0 aliphatic carbocycles. The zero-order chi connectivity index (χ0) is 22.5. The summed E-state index contributed by atoms with van der Waals surface area (Å²) in [4.78, 5) is 31.5. The first-order valence-corrected chi connectivity index (χ1v) is 9.03. The summed E-state index contributed by atoms with van der Waals surface area (Å²) in [5, 5.41) is 11.4. The van der Waals surface area contributed by atoms with E-state index in [0.29, 0.717) is 6.07 Å². The van der Waals surface area contributed by atoms with Gasteiger partial charge in [0.05, 0.1) is 17.2 Å². The highest BCUT2D eigenvalue weighted by atomic mass is 19.1. The fourth-order valence-electron chi connectivity index (χ4n) is 2.46. The number of nitrogens with zero attached hydrogens (tertiary/aromatic N) is 2. The lowest BCUT2D eigenvalue weighted by atomic mass is 10.2. The van der Waals surface area contributed by atoms with Crippen molar-refractivity contribution < 1.29 is 33.0 Å². The van der Waals surface area contributed by atoms with Crippen LogP contribution in [-0.2, 0) is 0 Å². The molecule has 0 saturated carbocycles. The van der Waals surface area contributed by atoms with Crippen LogP contribution < -0.4 is 14.8 Å². The summed E-state index contributed by atoms with van der Waals surface area (Å²) >= 11 is 0. The number of carboxylic acids is 1. The summed E-state index contributed by atoms with van der Waals surface area (Å²) in [6, 6.07) is 7.87. The molecule has 8 nitrogen and oxygen atoms in total. The largest absolute Gasteiger partial charge is 0.478 e. The second kappa shape index (κ2) is 9.16. The van der Waals surface area contributed by atoms with Crippen LogP contribution in [0.3, 0.4) is 0 Å². The number of carboxylic acid groups (broad SMARTS) is 1.